The number of amides is 1. The monoisotopic (exact) mass is 339 g/mol. The maximum absolute atomic E-state index is 12.2. The molecule has 0 heterocycles. The van der Waals surface area contributed by atoms with Crippen molar-refractivity contribution in [3.8, 4) is 11.5 Å². The summed E-state index contributed by atoms with van der Waals surface area (Å²) in [7, 11) is 3.14. The van der Waals surface area contributed by atoms with Gasteiger partial charge in [-0.05, 0) is 34.8 Å². The van der Waals surface area contributed by atoms with Gasteiger partial charge >= 0.3 is 0 Å². The summed E-state index contributed by atoms with van der Waals surface area (Å²) in [5, 5.41) is 2.81. The zero-order chi connectivity index (χ0) is 18.4. The van der Waals surface area contributed by atoms with E-state index in [1.54, 1.807) is 38.5 Å². The number of methoxy groups -OCH3 is 2. The third-order valence-corrected chi connectivity index (χ3v) is 3.87. The molecule has 0 aliphatic rings. The summed E-state index contributed by atoms with van der Waals surface area (Å²) < 4.78 is 10.4. The zero-order valence-corrected chi connectivity index (χ0v) is 15.4. The lowest BCUT2D eigenvalue weighted by atomic mass is 9.87. The molecule has 0 spiro atoms. The van der Waals surface area contributed by atoms with Gasteiger partial charge in [0.2, 0.25) is 5.91 Å². The summed E-state index contributed by atoms with van der Waals surface area (Å²) in [6.45, 7) is 6.52. The van der Waals surface area contributed by atoms with Crippen LogP contribution in [0.25, 0.3) is 6.08 Å². The van der Waals surface area contributed by atoms with E-state index in [0.29, 0.717) is 17.2 Å². The van der Waals surface area contributed by atoms with Crippen molar-refractivity contribution < 1.29 is 14.3 Å². The van der Waals surface area contributed by atoms with Gasteiger partial charge in [-0.2, -0.15) is 0 Å². The molecular weight excluding hydrogens is 314 g/mol. The minimum Gasteiger partial charge on any atom is -0.497 e. The number of rotatable bonds is 5. The highest BCUT2D eigenvalue weighted by molar-refractivity contribution is 6.02. The molecular formula is C21H25NO3. The quantitative estimate of drug-likeness (QED) is 0.806. The molecule has 25 heavy (non-hydrogen) atoms. The lowest BCUT2D eigenvalue weighted by molar-refractivity contribution is -0.111. The molecule has 0 bridgehead atoms. The van der Waals surface area contributed by atoms with Crippen LogP contribution in [0.3, 0.4) is 0 Å². The van der Waals surface area contributed by atoms with Crippen molar-refractivity contribution in [2.24, 2.45) is 0 Å². The Balaban J connectivity index is 2.08. The lowest BCUT2D eigenvalue weighted by Crippen LogP contribution is -2.10. The second kappa shape index (κ2) is 7.88. The van der Waals surface area contributed by atoms with E-state index in [1.807, 2.05) is 12.1 Å². The summed E-state index contributed by atoms with van der Waals surface area (Å²) in [5.74, 6) is 1.00. The van der Waals surface area contributed by atoms with Gasteiger partial charge in [0.25, 0.3) is 0 Å². The Morgan fingerprint density at radius 3 is 2.24 bits per heavy atom. The minimum atomic E-state index is -0.230. The Bertz CT molecular complexity index is 756. The topological polar surface area (TPSA) is 47.6 Å². The van der Waals surface area contributed by atoms with Gasteiger partial charge in [-0.3, -0.25) is 4.79 Å². The Morgan fingerprint density at radius 1 is 1.00 bits per heavy atom. The summed E-state index contributed by atoms with van der Waals surface area (Å²) in [5.41, 5.74) is 2.92. The first-order chi connectivity index (χ1) is 11.8. The number of hydrogen-bond donors (Lipinski definition) is 1. The van der Waals surface area contributed by atoms with Crippen LogP contribution in [0.1, 0.15) is 31.9 Å². The fraction of sp³-hybridized carbons (Fsp3) is 0.286. The Morgan fingerprint density at radius 2 is 1.68 bits per heavy atom. The van der Waals surface area contributed by atoms with E-state index >= 15 is 0 Å². The van der Waals surface area contributed by atoms with Gasteiger partial charge in [0, 0.05) is 12.1 Å². The van der Waals surface area contributed by atoms with Gasteiger partial charge in [0.1, 0.15) is 11.5 Å². The average molecular weight is 339 g/mol. The van der Waals surface area contributed by atoms with E-state index in [4.69, 9.17) is 9.47 Å². The Kier molecular flexibility index (Phi) is 5.86. The van der Waals surface area contributed by atoms with Gasteiger partial charge < -0.3 is 14.8 Å². The number of benzene rings is 2. The van der Waals surface area contributed by atoms with E-state index in [2.05, 4.69) is 38.2 Å². The third-order valence-electron chi connectivity index (χ3n) is 3.87. The van der Waals surface area contributed by atoms with Gasteiger partial charge in [-0.1, -0.05) is 45.0 Å². The maximum atomic E-state index is 12.2. The van der Waals surface area contributed by atoms with Crippen molar-refractivity contribution in [2.45, 2.75) is 26.2 Å². The number of ether oxygens (including phenoxy) is 2. The molecule has 1 amide bonds. The first-order valence-corrected chi connectivity index (χ1v) is 8.15. The highest BCUT2D eigenvalue weighted by Gasteiger charge is 2.12. The van der Waals surface area contributed by atoms with E-state index in [0.717, 1.165) is 5.56 Å². The van der Waals surface area contributed by atoms with Crippen LogP contribution in [0, 0.1) is 0 Å². The number of carbonyl (C=O) groups is 1. The minimum absolute atomic E-state index is 0.114. The van der Waals surface area contributed by atoms with Crippen LogP contribution in [0.4, 0.5) is 5.69 Å². The number of anilines is 1. The summed E-state index contributed by atoms with van der Waals surface area (Å²) >= 11 is 0. The van der Waals surface area contributed by atoms with Crippen molar-refractivity contribution in [1.29, 1.82) is 0 Å². The van der Waals surface area contributed by atoms with Crippen LogP contribution in [0.2, 0.25) is 0 Å². The van der Waals surface area contributed by atoms with Crippen LogP contribution in [0.5, 0.6) is 11.5 Å². The molecule has 0 fully saturated rings. The van der Waals surface area contributed by atoms with Crippen molar-refractivity contribution >= 4 is 17.7 Å². The molecule has 0 saturated carbocycles. The standard InChI is InChI=1S/C21H25NO3/c1-21(2,3)16-9-6-15(7-10-16)8-13-20(23)22-18-14-17(24-4)11-12-19(18)25-5/h6-14H,1-5H3,(H,22,23). The molecule has 0 aliphatic carbocycles. The van der Waals surface area contributed by atoms with Gasteiger partial charge in [0.15, 0.2) is 0 Å². The summed E-state index contributed by atoms with van der Waals surface area (Å²) in [4.78, 5) is 12.2. The van der Waals surface area contributed by atoms with Crippen LogP contribution in [-0.2, 0) is 10.2 Å². The van der Waals surface area contributed by atoms with Crippen LogP contribution >= 0.6 is 0 Å². The first-order valence-electron chi connectivity index (χ1n) is 8.15. The molecule has 2 aromatic rings. The molecule has 0 unspecified atom stereocenters. The SMILES string of the molecule is COc1ccc(OC)c(NC(=O)C=Cc2ccc(C(C)(C)C)cc2)c1. The number of hydrogen-bond acceptors (Lipinski definition) is 3. The smallest absolute Gasteiger partial charge is 0.248 e. The predicted molar refractivity (Wildman–Crippen MR) is 102 cm³/mol. The fourth-order valence-electron chi connectivity index (χ4n) is 2.35. The van der Waals surface area contributed by atoms with Crippen molar-refractivity contribution in [3.63, 3.8) is 0 Å². The fourth-order valence-corrected chi connectivity index (χ4v) is 2.35. The van der Waals surface area contributed by atoms with Crippen LogP contribution < -0.4 is 14.8 Å². The summed E-state index contributed by atoms with van der Waals surface area (Å²) in [6.07, 6.45) is 3.29. The molecule has 132 valence electrons. The van der Waals surface area contributed by atoms with Crippen LogP contribution in [-0.4, -0.2) is 20.1 Å². The lowest BCUT2D eigenvalue weighted by Gasteiger charge is -2.18. The van der Waals surface area contributed by atoms with E-state index in [-0.39, 0.29) is 11.3 Å². The highest BCUT2D eigenvalue weighted by atomic mass is 16.5. The molecule has 1 N–H and O–H groups in total. The molecule has 0 aromatic heterocycles. The van der Waals surface area contributed by atoms with Gasteiger partial charge in [0.05, 0.1) is 19.9 Å². The van der Waals surface area contributed by atoms with Crippen molar-refractivity contribution in [3.05, 3.63) is 59.7 Å². The Labute approximate surface area is 149 Å². The molecule has 0 saturated heterocycles. The average Bonchev–Trinajstić information content (AvgIpc) is 2.59. The predicted octanol–water partition coefficient (Wildman–Crippen LogP) is 4.65. The molecule has 4 heteroatoms. The van der Waals surface area contributed by atoms with E-state index < -0.39 is 0 Å². The maximum Gasteiger partial charge on any atom is 0.248 e. The van der Waals surface area contributed by atoms with Crippen LogP contribution in [0.15, 0.2) is 48.5 Å². The highest BCUT2D eigenvalue weighted by Crippen LogP contribution is 2.29. The second-order valence-electron chi connectivity index (χ2n) is 6.76. The number of nitrogens with one attached hydrogen (secondary N) is 1. The molecule has 2 aromatic carbocycles. The molecule has 4 nitrogen and oxygen atoms in total. The van der Waals surface area contributed by atoms with E-state index in [1.165, 1.54) is 11.6 Å². The zero-order valence-electron chi connectivity index (χ0n) is 15.4. The van der Waals surface area contributed by atoms with E-state index in [9.17, 15) is 4.79 Å². The molecule has 2 rings (SSSR count). The van der Waals surface area contributed by atoms with Crippen molar-refractivity contribution in [1.82, 2.24) is 0 Å². The largest absolute Gasteiger partial charge is 0.497 e. The molecule has 0 radical (unpaired) electrons. The van der Waals surface area contributed by atoms with Crippen molar-refractivity contribution in [2.75, 3.05) is 19.5 Å². The second-order valence-corrected chi connectivity index (χ2v) is 6.76. The first kappa shape index (κ1) is 18.6. The molecule has 0 aliphatic heterocycles. The summed E-state index contributed by atoms with van der Waals surface area (Å²) in [6, 6.07) is 13.4. The molecule has 0 atom stereocenters. The van der Waals surface area contributed by atoms with Gasteiger partial charge in [-0.25, -0.2) is 0 Å². The Hall–Kier alpha value is -2.75. The normalized spacial score (nSPS) is 11.4. The van der Waals surface area contributed by atoms with Gasteiger partial charge in [-0.15, -0.1) is 0 Å². The number of carbonyl (C=O) groups excluding carboxylic acids is 1. The third kappa shape index (κ3) is 5.11.